The zero-order chi connectivity index (χ0) is 25.8. The molecule has 0 saturated carbocycles. The maximum Gasteiger partial charge on any atom is 0.227 e. The molecule has 0 radical (unpaired) electrons. The van der Waals surface area contributed by atoms with Crippen molar-refractivity contribution in [3.05, 3.63) is 88.5 Å². The first kappa shape index (κ1) is 24.9. The van der Waals surface area contributed by atoms with E-state index in [2.05, 4.69) is 0 Å². The second-order valence-electron chi connectivity index (χ2n) is 8.76. The molecule has 0 aromatic heterocycles. The molecular formula is C30H31NO5. The lowest BCUT2D eigenvalue weighted by molar-refractivity contribution is -0.129. The van der Waals surface area contributed by atoms with Gasteiger partial charge in [-0.05, 0) is 76.2 Å². The van der Waals surface area contributed by atoms with Crippen molar-refractivity contribution < 1.29 is 24.1 Å². The van der Waals surface area contributed by atoms with Crippen LogP contribution in [0, 0.1) is 0 Å². The van der Waals surface area contributed by atoms with Gasteiger partial charge >= 0.3 is 0 Å². The fraction of sp³-hybridized carbons (Fsp3) is 0.233. The van der Waals surface area contributed by atoms with Crippen LogP contribution in [0.3, 0.4) is 0 Å². The van der Waals surface area contributed by atoms with E-state index in [4.69, 9.17) is 14.2 Å². The van der Waals surface area contributed by atoms with Crippen LogP contribution in [-0.2, 0) is 11.3 Å². The SMILES string of the molecule is COc1ccc2c(c1)C(CC(=O)N(C)Cc1ccccc1)=C(C)/C2=C\c1cc(OC)c(O)c(OC)c1. The molecule has 1 aliphatic rings. The lowest BCUT2D eigenvalue weighted by atomic mass is 10.00. The monoisotopic (exact) mass is 485 g/mol. The first-order valence-electron chi connectivity index (χ1n) is 11.7. The summed E-state index contributed by atoms with van der Waals surface area (Å²) in [5, 5.41) is 10.3. The molecule has 3 aromatic rings. The van der Waals surface area contributed by atoms with Crippen molar-refractivity contribution in [1.82, 2.24) is 4.90 Å². The molecule has 1 N–H and O–H groups in total. The van der Waals surface area contributed by atoms with Crippen LogP contribution in [0.2, 0.25) is 0 Å². The second-order valence-corrected chi connectivity index (χ2v) is 8.76. The fourth-order valence-electron chi connectivity index (χ4n) is 4.51. The van der Waals surface area contributed by atoms with Gasteiger partial charge in [0.25, 0.3) is 0 Å². The van der Waals surface area contributed by atoms with Crippen molar-refractivity contribution in [3.63, 3.8) is 0 Å². The third kappa shape index (κ3) is 4.93. The van der Waals surface area contributed by atoms with Crippen molar-refractivity contribution in [2.75, 3.05) is 28.4 Å². The maximum absolute atomic E-state index is 13.3. The predicted octanol–water partition coefficient (Wildman–Crippen LogP) is 5.79. The highest BCUT2D eigenvalue weighted by atomic mass is 16.5. The highest BCUT2D eigenvalue weighted by Gasteiger charge is 2.27. The summed E-state index contributed by atoms with van der Waals surface area (Å²) in [4.78, 5) is 15.0. The largest absolute Gasteiger partial charge is 0.502 e. The third-order valence-corrected chi connectivity index (χ3v) is 6.53. The number of amides is 1. The first-order valence-corrected chi connectivity index (χ1v) is 11.7. The molecule has 6 heteroatoms. The summed E-state index contributed by atoms with van der Waals surface area (Å²) in [5.74, 6) is 1.38. The Balaban J connectivity index is 1.73. The van der Waals surface area contributed by atoms with E-state index in [1.165, 1.54) is 14.2 Å². The number of allylic oxidation sites excluding steroid dienone is 2. The van der Waals surface area contributed by atoms with Gasteiger partial charge in [-0.2, -0.15) is 0 Å². The molecule has 3 aromatic carbocycles. The number of nitrogens with zero attached hydrogens (tertiary/aromatic N) is 1. The van der Waals surface area contributed by atoms with Crippen molar-refractivity contribution in [2.45, 2.75) is 19.9 Å². The first-order chi connectivity index (χ1) is 17.4. The van der Waals surface area contributed by atoms with E-state index < -0.39 is 0 Å². The Labute approximate surface area is 212 Å². The van der Waals surface area contributed by atoms with Gasteiger partial charge < -0.3 is 24.2 Å². The fourth-order valence-corrected chi connectivity index (χ4v) is 4.51. The van der Waals surface area contributed by atoms with E-state index >= 15 is 0 Å². The molecule has 1 aliphatic carbocycles. The molecule has 0 bridgehead atoms. The second kappa shape index (κ2) is 10.6. The van der Waals surface area contributed by atoms with Gasteiger partial charge in [-0.25, -0.2) is 0 Å². The van der Waals surface area contributed by atoms with Gasteiger partial charge in [-0.1, -0.05) is 36.4 Å². The summed E-state index contributed by atoms with van der Waals surface area (Å²) in [6.07, 6.45) is 2.30. The summed E-state index contributed by atoms with van der Waals surface area (Å²) < 4.78 is 16.1. The number of fused-ring (bicyclic) bond motifs is 1. The quantitative estimate of drug-likeness (QED) is 0.437. The summed E-state index contributed by atoms with van der Waals surface area (Å²) in [5.41, 5.74) is 6.89. The van der Waals surface area contributed by atoms with E-state index in [0.29, 0.717) is 18.0 Å². The number of carbonyl (C=O) groups excluding carboxylic acids is 1. The highest BCUT2D eigenvalue weighted by molar-refractivity contribution is 6.08. The zero-order valence-electron chi connectivity index (χ0n) is 21.3. The van der Waals surface area contributed by atoms with Crippen molar-refractivity contribution in [3.8, 4) is 23.0 Å². The highest BCUT2D eigenvalue weighted by Crippen LogP contribution is 2.46. The van der Waals surface area contributed by atoms with Gasteiger partial charge in [-0.15, -0.1) is 0 Å². The smallest absolute Gasteiger partial charge is 0.227 e. The van der Waals surface area contributed by atoms with E-state index in [9.17, 15) is 9.90 Å². The molecule has 0 aliphatic heterocycles. The van der Waals surface area contributed by atoms with E-state index in [-0.39, 0.29) is 18.1 Å². The molecule has 0 saturated heterocycles. The molecule has 0 unspecified atom stereocenters. The molecule has 0 heterocycles. The summed E-state index contributed by atoms with van der Waals surface area (Å²) in [6.45, 7) is 2.58. The van der Waals surface area contributed by atoms with Gasteiger partial charge in [0.15, 0.2) is 11.5 Å². The number of methoxy groups -OCH3 is 3. The minimum absolute atomic E-state index is 0.0381. The number of hydrogen-bond donors (Lipinski definition) is 1. The molecule has 0 fully saturated rings. The van der Waals surface area contributed by atoms with Crippen LogP contribution in [0.15, 0.2) is 66.2 Å². The zero-order valence-corrected chi connectivity index (χ0v) is 21.3. The Kier molecular flexibility index (Phi) is 7.34. The van der Waals surface area contributed by atoms with Gasteiger partial charge in [0.05, 0.1) is 27.8 Å². The minimum atomic E-state index is -0.0429. The third-order valence-electron chi connectivity index (χ3n) is 6.53. The van der Waals surface area contributed by atoms with Crippen molar-refractivity contribution in [1.29, 1.82) is 0 Å². The molecule has 1 amide bonds. The van der Waals surface area contributed by atoms with E-state index in [1.807, 2.05) is 68.6 Å². The van der Waals surface area contributed by atoms with Crippen LogP contribution < -0.4 is 14.2 Å². The van der Waals surface area contributed by atoms with Crippen LogP contribution in [0.1, 0.15) is 35.6 Å². The summed E-state index contributed by atoms with van der Waals surface area (Å²) in [6, 6.07) is 19.4. The number of benzene rings is 3. The lowest BCUT2D eigenvalue weighted by Crippen LogP contribution is -2.26. The number of aromatic hydroxyl groups is 1. The van der Waals surface area contributed by atoms with Crippen molar-refractivity contribution in [2.24, 2.45) is 0 Å². The van der Waals surface area contributed by atoms with Crippen LogP contribution in [0.5, 0.6) is 23.0 Å². The molecule has 186 valence electrons. The topological polar surface area (TPSA) is 68.2 Å². The number of hydrogen-bond acceptors (Lipinski definition) is 5. The molecule has 36 heavy (non-hydrogen) atoms. The Morgan fingerprint density at radius 3 is 2.19 bits per heavy atom. The number of carbonyl (C=O) groups is 1. The van der Waals surface area contributed by atoms with Gasteiger partial charge in [-0.3, -0.25) is 4.79 Å². The molecule has 6 nitrogen and oxygen atoms in total. The number of phenolic OH excluding ortho intramolecular Hbond substituents is 1. The minimum Gasteiger partial charge on any atom is -0.502 e. The lowest BCUT2D eigenvalue weighted by Gasteiger charge is -2.18. The van der Waals surface area contributed by atoms with Crippen LogP contribution >= 0.6 is 0 Å². The standard InChI is InChI=1S/C30H31NO5/c1-19-24(13-21-14-27(35-4)30(33)28(15-21)36-5)23-12-11-22(34-3)16-26(23)25(19)17-29(32)31(2)18-20-9-7-6-8-10-20/h6-16,33H,17-18H2,1-5H3/b24-13+. The molecule has 0 atom stereocenters. The van der Waals surface area contributed by atoms with Gasteiger partial charge in [0, 0.05) is 13.6 Å². The maximum atomic E-state index is 13.3. The van der Waals surface area contributed by atoms with Crippen LogP contribution in [0.25, 0.3) is 17.2 Å². The average molecular weight is 486 g/mol. The van der Waals surface area contributed by atoms with Crippen molar-refractivity contribution >= 4 is 23.1 Å². The predicted molar refractivity (Wildman–Crippen MR) is 142 cm³/mol. The van der Waals surface area contributed by atoms with Gasteiger partial charge in [0.1, 0.15) is 5.75 Å². The summed E-state index contributed by atoms with van der Waals surface area (Å²) >= 11 is 0. The Morgan fingerprint density at radius 1 is 0.917 bits per heavy atom. The number of rotatable bonds is 8. The summed E-state index contributed by atoms with van der Waals surface area (Å²) in [7, 11) is 6.47. The Hall–Kier alpha value is -4.19. The Morgan fingerprint density at radius 2 is 1.58 bits per heavy atom. The molecule has 0 spiro atoms. The van der Waals surface area contributed by atoms with E-state index in [1.54, 1.807) is 24.1 Å². The van der Waals surface area contributed by atoms with Crippen LogP contribution in [-0.4, -0.2) is 44.3 Å². The van der Waals surface area contributed by atoms with E-state index in [0.717, 1.165) is 44.7 Å². The molecule has 4 rings (SSSR count). The Bertz CT molecular complexity index is 1320. The average Bonchev–Trinajstić information content (AvgIpc) is 3.15. The normalized spacial score (nSPS) is 13.5. The number of phenols is 1. The van der Waals surface area contributed by atoms with Gasteiger partial charge in [0.2, 0.25) is 11.7 Å². The van der Waals surface area contributed by atoms with Crippen LogP contribution in [0.4, 0.5) is 0 Å². The molecular weight excluding hydrogens is 454 g/mol. The number of ether oxygens (including phenoxy) is 3.